The number of carbonyl (C=O) groups excluding carboxylic acids is 1. The van der Waals surface area contributed by atoms with Crippen molar-refractivity contribution < 1.29 is 26.9 Å². The van der Waals surface area contributed by atoms with Gasteiger partial charge in [0.1, 0.15) is 16.3 Å². The van der Waals surface area contributed by atoms with E-state index in [-0.39, 0.29) is 23.0 Å². The molecular weight excluding hydrogens is 312 g/mol. The van der Waals surface area contributed by atoms with Crippen LogP contribution in [0.3, 0.4) is 0 Å². The van der Waals surface area contributed by atoms with Gasteiger partial charge in [-0.05, 0) is 26.0 Å². The summed E-state index contributed by atoms with van der Waals surface area (Å²) in [4.78, 5) is 11.4. The summed E-state index contributed by atoms with van der Waals surface area (Å²) in [7, 11) is -1.13. The van der Waals surface area contributed by atoms with Crippen molar-refractivity contribution in [3.05, 3.63) is 35.1 Å². The van der Waals surface area contributed by atoms with Crippen molar-refractivity contribution in [2.24, 2.45) is 0 Å². The average Bonchev–Trinajstić information content (AvgIpc) is 3.05. The van der Waals surface area contributed by atoms with Gasteiger partial charge in [-0.25, -0.2) is 13.2 Å². The number of ether oxygens (including phenoxy) is 1. The molecule has 0 atom stereocenters. The Hall–Kier alpha value is -2.13. The van der Waals surface area contributed by atoms with Crippen LogP contribution in [0.4, 0.5) is 0 Å². The molecular formula is C13H16N2O6S. The van der Waals surface area contributed by atoms with Crippen LogP contribution in [0.15, 0.2) is 26.0 Å². The third-order valence-electron chi connectivity index (χ3n) is 3.06. The van der Waals surface area contributed by atoms with Crippen LogP contribution in [0, 0.1) is 13.8 Å². The molecule has 2 rings (SSSR count). The maximum absolute atomic E-state index is 12.5. The number of aromatic nitrogens is 1. The molecule has 2 aromatic heterocycles. The van der Waals surface area contributed by atoms with Crippen LogP contribution >= 0.6 is 0 Å². The zero-order chi connectivity index (χ0) is 16.5. The van der Waals surface area contributed by atoms with E-state index in [0.717, 1.165) is 4.31 Å². The Balaban J connectivity index is 2.23. The number of hydrogen-bond donors (Lipinski definition) is 0. The van der Waals surface area contributed by atoms with Crippen molar-refractivity contribution in [1.29, 1.82) is 0 Å². The van der Waals surface area contributed by atoms with E-state index in [1.54, 1.807) is 6.92 Å². The van der Waals surface area contributed by atoms with Crippen molar-refractivity contribution >= 4 is 16.0 Å². The Morgan fingerprint density at radius 1 is 1.36 bits per heavy atom. The van der Waals surface area contributed by atoms with Gasteiger partial charge >= 0.3 is 5.97 Å². The molecule has 0 aromatic carbocycles. The maximum Gasteiger partial charge on any atom is 0.373 e. The first-order valence-corrected chi connectivity index (χ1v) is 7.77. The number of hydrogen-bond acceptors (Lipinski definition) is 7. The molecule has 22 heavy (non-hydrogen) atoms. The number of sulfonamides is 1. The molecule has 0 saturated carbocycles. The van der Waals surface area contributed by atoms with Crippen LogP contribution in [-0.2, 0) is 21.3 Å². The van der Waals surface area contributed by atoms with E-state index in [2.05, 4.69) is 9.89 Å². The predicted molar refractivity (Wildman–Crippen MR) is 74.7 cm³/mol. The molecule has 0 fully saturated rings. The summed E-state index contributed by atoms with van der Waals surface area (Å²) in [5.41, 5.74) is 0.291. The molecule has 0 unspecified atom stereocenters. The van der Waals surface area contributed by atoms with Gasteiger partial charge in [0.05, 0.1) is 13.7 Å². The molecule has 0 aliphatic rings. The summed E-state index contributed by atoms with van der Waals surface area (Å²) in [6.45, 7) is 3.05. The first-order valence-electron chi connectivity index (χ1n) is 6.33. The minimum absolute atomic E-state index is 0.0145. The second-order valence-electron chi connectivity index (χ2n) is 4.67. The molecule has 2 aromatic rings. The van der Waals surface area contributed by atoms with E-state index in [1.165, 1.54) is 33.2 Å². The number of nitrogens with zero attached hydrogens (tertiary/aromatic N) is 2. The lowest BCUT2D eigenvalue weighted by Crippen LogP contribution is -2.27. The van der Waals surface area contributed by atoms with Crippen LogP contribution in [0.25, 0.3) is 0 Å². The quantitative estimate of drug-likeness (QED) is 0.766. The maximum atomic E-state index is 12.5. The lowest BCUT2D eigenvalue weighted by molar-refractivity contribution is 0.0562. The Morgan fingerprint density at radius 2 is 2.05 bits per heavy atom. The number of aryl methyl sites for hydroxylation is 2. The molecule has 0 amide bonds. The van der Waals surface area contributed by atoms with E-state index >= 15 is 0 Å². The van der Waals surface area contributed by atoms with Crippen molar-refractivity contribution in [3.63, 3.8) is 0 Å². The Labute approximate surface area is 127 Å². The first-order chi connectivity index (χ1) is 10.3. The number of methoxy groups -OCH3 is 1. The molecule has 0 N–H and O–H groups in total. The molecule has 0 bridgehead atoms. The van der Waals surface area contributed by atoms with Gasteiger partial charge in [-0.3, -0.25) is 0 Å². The topological polar surface area (TPSA) is 103 Å². The monoisotopic (exact) mass is 328 g/mol. The van der Waals surface area contributed by atoms with E-state index in [4.69, 9.17) is 8.94 Å². The Kier molecular flexibility index (Phi) is 4.38. The van der Waals surface area contributed by atoms with E-state index in [9.17, 15) is 13.2 Å². The summed E-state index contributed by atoms with van der Waals surface area (Å²) < 4.78 is 40.8. The predicted octanol–water partition coefficient (Wildman–Crippen LogP) is 1.49. The van der Waals surface area contributed by atoms with Gasteiger partial charge in [-0.1, -0.05) is 5.16 Å². The molecule has 9 heteroatoms. The highest BCUT2D eigenvalue weighted by Gasteiger charge is 2.29. The molecule has 2 heterocycles. The average molecular weight is 328 g/mol. The van der Waals surface area contributed by atoms with Gasteiger partial charge in [0.2, 0.25) is 15.8 Å². The van der Waals surface area contributed by atoms with Crippen molar-refractivity contribution in [2.75, 3.05) is 14.2 Å². The Bertz CT molecular complexity index is 770. The van der Waals surface area contributed by atoms with E-state index < -0.39 is 16.0 Å². The number of furan rings is 1. The fourth-order valence-electron chi connectivity index (χ4n) is 1.98. The van der Waals surface area contributed by atoms with E-state index in [1.807, 2.05) is 0 Å². The normalized spacial score (nSPS) is 11.9. The summed E-state index contributed by atoms with van der Waals surface area (Å²) in [6.07, 6.45) is 0. The van der Waals surface area contributed by atoms with Crippen LogP contribution < -0.4 is 0 Å². The molecule has 0 aliphatic carbocycles. The summed E-state index contributed by atoms with van der Waals surface area (Å²) in [6, 6.07) is 2.95. The van der Waals surface area contributed by atoms with Gasteiger partial charge < -0.3 is 13.7 Å². The largest absolute Gasteiger partial charge is 0.463 e. The fourth-order valence-corrected chi connectivity index (χ4v) is 3.40. The highest BCUT2D eigenvalue weighted by atomic mass is 32.2. The molecule has 0 radical (unpaired) electrons. The summed E-state index contributed by atoms with van der Waals surface area (Å²) in [5.74, 6) is -0.0691. The summed E-state index contributed by atoms with van der Waals surface area (Å²) in [5, 5.41) is 3.64. The molecule has 8 nitrogen and oxygen atoms in total. The first kappa shape index (κ1) is 16.2. The van der Waals surface area contributed by atoms with Gasteiger partial charge in [-0.2, -0.15) is 4.31 Å². The standard InChI is InChI=1S/C13H16N2O6S/c1-8-12(9(2)21-14-8)22(17,18)15(3)7-10-5-6-11(20-10)13(16)19-4/h5-6H,7H2,1-4H3. The zero-order valence-corrected chi connectivity index (χ0v) is 13.4. The lowest BCUT2D eigenvalue weighted by Gasteiger charge is -2.15. The number of esters is 1. The van der Waals surface area contributed by atoms with Gasteiger partial charge in [0.15, 0.2) is 5.76 Å². The third kappa shape index (κ3) is 2.90. The van der Waals surface area contributed by atoms with Crippen LogP contribution in [0.1, 0.15) is 27.8 Å². The van der Waals surface area contributed by atoms with Gasteiger partial charge in [0.25, 0.3) is 0 Å². The van der Waals surface area contributed by atoms with Crippen LogP contribution in [0.2, 0.25) is 0 Å². The van der Waals surface area contributed by atoms with Gasteiger partial charge in [-0.15, -0.1) is 0 Å². The van der Waals surface area contributed by atoms with Crippen molar-refractivity contribution in [3.8, 4) is 0 Å². The highest BCUT2D eigenvalue weighted by Crippen LogP contribution is 2.24. The second-order valence-corrected chi connectivity index (χ2v) is 6.65. The van der Waals surface area contributed by atoms with E-state index in [0.29, 0.717) is 11.5 Å². The zero-order valence-electron chi connectivity index (χ0n) is 12.6. The second kappa shape index (κ2) is 5.93. The van der Waals surface area contributed by atoms with Gasteiger partial charge in [0, 0.05) is 7.05 Å². The van der Waals surface area contributed by atoms with Crippen LogP contribution in [-0.4, -0.2) is 38.0 Å². The van der Waals surface area contributed by atoms with Crippen LogP contribution in [0.5, 0.6) is 0 Å². The molecule has 120 valence electrons. The third-order valence-corrected chi connectivity index (χ3v) is 5.11. The fraction of sp³-hybridized carbons (Fsp3) is 0.385. The lowest BCUT2D eigenvalue weighted by atomic mass is 10.4. The van der Waals surface area contributed by atoms with Crippen molar-refractivity contribution in [1.82, 2.24) is 9.46 Å². The Morgan fingerprint density at radius 3 is 2.59 bits per heavy atom. The molecule has 0 aliphatic heterocycles. The minimum atomic E-state index is -3.77. The van der Waals surface area contributed by atoms with Crippen molar-refractivity contribution in [2.45, 2.75) is 25.3 Å². The highest BCUT2D eigenvalue weighted by molar-refractivity contribution is 7.89. The SMILES string of the molecule is COC(=O)c1ccc(CN(C)S(=O)(=O)c2c(C)noc2C)o1. The molecule has 0 spiro atoms. The number of rotatable bonds is 5. The minimum Gasteiger partial charge on any atom is -0.463 e. The number of carbonyl (C=O) groups is 1. The summed E-state index contributed by atoms with van der Waals surface area (Å²) >= 11 is 0. The smallest absolute Gasteiger partial charge is 0.373 e. The molecule has 0 saturated heterocycles.